The highest BCUT2D eigenvalue weighted by Gasteiger charge is 2.31. The summed E-state index contributed by atoms with van der Waals surface area (Å²) in [5.41, 5.74) is 0.871. The summed E-state index contributed by atoms with van der Waals surface area (Å²) in [6, 6.07) is 6.90. The van der Waals surface area contributed by atoms with Gasteiger partial charge in [0.05, 0.1) is 11.5 Å². The van der Waals surface area contributed by atoms with Crippen LogP contribution in [0.25, 0.3) is 6.08 Å². The molecule has 1 unspecified atom stereocenters. The van der Waals surface area contributed by atoms with Gasteiger partial charge in [-0.1, -0.05) is 23.7 Å². The van der Waals surface area contributed by atoms with E-state index in [2.05, 4.69) is 0 Å². The number of likely N-dealkylation sites (N-methyl/N-ethyl adjacent to an activating group) is 1. The van der Waals surface area contributed by atoms with Crippen molar-refractivity contribution in [2.24, 2.45) is 0 Å². The number of sulfone groups is 1. The fourth-order valence-electron chi connectivity index (χ4n) is 2.12. The van der Waals surface area contributed by atoms with E-state index in [0.29, 0.717) is 11.4 Å². The largest absolute Gasteiger partial charge is 0.338 e. The fraction of sp³-hybridized carbons (Fsp3) is 0.357. The van der Waals surface area contributed by atoms with E-state index in [1.165, 1.54) is 11.0 Å². The van der Waals surface area contributed by atoms with Gasteiger partial charge in [-0.3, -0.25) is 4.79 Å². The maximum atomic E-state index is 12.0. The van der Waals surface area contributed by atoms with Crippen LogP contribution in [0.2, 0.25) is 5.02 Å². The number of nitrogens with zero attached hydrogens (tertiary/aromatic N) is 1. The third kappa shape index (κ3) is 3.84. The van der Waals surface area contributed by atoms with Gasteiger partial charge < -0.3 is 4.90 Å². The molecule has 0 radical (unpaired) electrons. The molecule has 6 heteroatoms. The minimum Gasteiger partial charge on any atom is -0.338 e. The zero-order valence-corrected chi connectivity index (χ0v) is 12.7. The molecule has 1 aromatic carbocycles. The Bertz CT molecular complexity index is 622. The summed E-state index contributed by atoms with van der Waals surface area (Å²) in [6.45, 7) is 0. The normalized spacial score (nSPS) is 21.2. The van der Waals surface area contributed by atoms with Gasteiger partial charge in [0.25, 0.3) is 0 Å². The molecule has 4 nitrogen and oxygen atoms in total. The highest BCUT2D eigenvalue weighted by atomic mass is 35.5. The van der Waals surface area contributed by atoms with Crippen LogP contribution in [0.3, 0.4) is 0 Å². The first-order valence-corrected chi connectivity index (χ1v) is 8.48. The monoisotopic (exact) mass is 313 g/mol. The smallest absolute Gasteiger partial charge is 0.246 e. The van der Waals surface area contributed by atoms with Crippen LogP contribution in [0.15, 0.2) is 30.3 Å². The molecule has 2 rings (SSSR count). The Hall–Kier alpha value is -1.33. The van der Waals surface area contributed by atoms with Crippen molar-refractivity contribution in [3.63, 3.8) is 0 Å². The number of hydrogen-bond donors (Lipinski definition) is 0. The van der Waals surface area contributed by atoms with Crippen LogP contribution < -0.4 is 0 Å². The first kappa shape index (κ1) is 15.1. The SMILES string of the molecule is CN(C(=O)C=Cc1ccc(Cl)cc1)C1CCS(=O)(=O)C1. The Morgan fingerprint density at radius 2 is 2.00 bits per heavy atom. The quantitative estimate of drug-likeness (QED) is 0.802. The van der Waals surface area contributed by atoms with E-state index >= 15 is 0 Å². The van der Waals surface area contributed by atoms with E-state index in [-0.39, 0.29) is 23.5 Å². The Kier molecular flexibility index (Phi) is 4.50. The van der Waals surface area contributed by atoms with E-state index in [9.17, 15) is 13.2 Å². The Labute approximate surface area is 124 Å². The van der Waals surface area contributed by atoms with E-state index in [1.807, 2.05) is 12.1 Å². The highest BCUT2D eigenvalue weighted by molar-refractivity contribution is 7.91. The molecule has 0 bridgehead atoms. The molecule has 0 spiro atoms. The van der Waals surface area contributed by atoms with Crippen LogP contribution in [0, 0.1) is 0 Å². The zero-order valence-electron chi connectivity index (χ0n) is 11.1. The predicted octanol–water partition coefficient (Wildman–Crippen LogP) is 2.00. The van der Waals surface area contributed by atoms with Gasteiger partial charge in [-0.05, 0) is 30.2 Å². The lowest BCUT2D eigenvalue weighted by molar-refractivity contribution is -0.126. The molecular weight excluding hydrogens is 298 g/mol. The van der Waals surface area contributed by atoms with Crippen LogP contribution in [0.5, 0.6) is 0 Å². The van der Waals surface area contributed by atoms with Crippen LogP contribution in [0.1, 0.15) is 12.0 Å². The maximum Gasteiger partial charge on any atom is 0.246 e. The molecule has 1 aliphatic heterocycles. The van der Waals surface area contributed by atoms with Crippen LogP contribution in [-0.2, 0) is 14.6 Å². The molecule has 0 aromatic heterocycles. The number of carbonyl (C=O) groups excluding carboxylic acids is 1. The first-order valence-electron chi connectivity index (χ1n) is 6.28. The molecule has 20 heavy (non-hydrogen) atoms. The van der Waals surface area contributed by atoms with Crippen molar-refractivity contribution in [2.45, 2.75) is 12.5 Å². The van der Waals surface area contributed by atoms with Gasteiger partial charge in [0.15, 0.2) is 9.84 Å². The van der Waals surface area contributed by atoms with Crippen molar-refractivity contribution >= 4 is 33.4 Å². The molecule has 108 valence electrons. The molecular formula is C14H16ClNO3S. The van der Waals surface area contributed by atoms with Crippen molar-refractivity contribution in [3.05, 3.63) is 40.9 Å². The summed E-state index contributed by atoms with van der Waals surface area (Å²) in [4.78, 5) is 13.5. The third-order valence-corrected chi connectivity index (χ3v) is 5.39. The third-order valence-electron chi connectivity index (χ3n) is 3.39. The van der Waals surface area contributed by atoms with Crippen molar-refractivity contribution < 1.29 is 13.2 Å². The summed E-state index contributed by atoms with van der Waals surface area (Å²) in [6.07, 6.45) is 3.66. The summed E-state index contributed by atoms with van der Waals surface area (Å²) in [5, 5.41) is 0.641. The summed E-state index contributed by atoms with van der Waals surface area (Å²) in [7, 11) is -1.34. The second kappa shape index (κ2) is 5.97. The zero-order chi connectivity index (χ0) is 14.8. The Morgan fingerprint density at radius 1 is 1.35 bits per heavy atom. The minimum atomic E-state index is -2.98. The first-order chi connectivity index (χ1) is 9.37. The summed E-state index contributed by atoms with van der Waals surface area (Å²) < 4.78 is 22.8. The minimum absolute atomic E-state index is 0.0595. The van der Waals surface area contributed by atoms with Crippen molar-refractivity contribution in [2.75, 3.05) is 18.6 Å². The van der Waals surface area contributed by atoms with Crippen LogP contribution in [0.4, 0.5) is 0 Å². The molecule has 0 aliphatic carbocycles. The van der Waals surface area contributed by atoms with Crippen molar-refractivity contribution in [1.29, 1.82) is 0 Å². The Morgan fingerprint density at radius 3 is 2.55 bits per heavy atom. The van der Waals surface area contributed by atoms with Gasteiger partial charge in [0.1, 0.15) is 0 Å². The molecule has 1 aliphatic rings. The lowest BCUT2D eigenvalue weighted by Crippen LogP contribution is -2.36. The summed E-state index contributed by atoms with van der Waals surface area (Å²) in [5.74, 6) is 0.0299. The van der Waals surface area contributed by atoms with Gasteiger partial charge >= 0.3 is 0 Å². The average Bonchev–Trinajstić information content (AvgIpc) is 2.77. The van der Waals surface area contributed by atoms with Crippen LogP contribution in [-0.4, -0.2) is 43.8 Å². The van der Waals surface area contributed by atoms with Crippen LogP contribution >= 0.6 is 11.6 Å². The van der Waals surface area contributed by atoms with E-state index < -0.39 is 9.84 Å². The fourth-order valence-corrected chi connectivity index (χ4v) is 4.02. The number of hydrogen-bond acceptors (Lipinski definition) is 3. The lowest BCUT2D eigenvalue weighted by Gasteiger charge is -2.21. The second-order valence-electron chi connectivity index (χ2n) is 4.89. The number of amides is 1. The average molecular weight is 314 g/mol. The Balaban J connectivity index is 1.99. The molecule has 1 fully saturated rings. The number of carbonyl (C=O) groups is 1. The maximum absolute atomic E-state index is 12.0. The van der Waals surface area contributed by atoms with Gasteiger partial charge in [-0.25, -0.2) is 8.42 Å². The number of rotatable bonds is 3. The second-order valence-corrected chi connectivity index (χ2v) is 7.56. The summed E-state index contributed by atoms with van der Waals surface area (Å²) >= 11 is 5.78. The van der Waals surface area contributed by atoms with E-state index in [1.54, 1.807) is 25.3 Å². The van der Waals surface area contributed by atoms with E-state index in [0.717, 1.165) is 5.56 Å². The molecule has 0 N–H and O–H groups in total. The highest BCUT2D eigenvalue weighted by Crippen LogP contribution is 2.17. The molecule has 1 heterocycles. The molecule has 0 saturated carbocycles. The van der Waals surface area contributed by atoms with Gasteiger partial charge in [0, 0.05) is 24.2 Å². The van der Waals surface area contributed by atoms with Crippen molar-refractivity contribution in [3.8, 4) is 0 Å². The standard InChI is InChI=1S/C14H16ClNO3S/c1-16(13-8-9-20(18,19)10-13)14(17)7-4-11-2-5-12(15)6-3-11/h2-7,13H,8-10H2,1H3. The topological polar surface area (TPSA) is 54.5 Å². The van der Waals surface area contributed by atoms with Gasteiger partial charge in [-0.15, -0.1) is 0 Å². The lowest BCUT2D eigenvalue weighted by atomic mass is 10.2. The number of halogens is 1. The van der Waals surface area contributed by atoms with Gasteiger partial charge in [-0.2, -0.15) is 0 Å². The number of benzene rings is 1. The van der Waals surface area contributed by atoms with E-state index in [4.69, 9.17) is 11.6 Å². The van der Waals surface area contributed by atoms with Gasteiger partial charge in [0.2, 0.25) is 5.91 Å². The molecule has 1 aromatic rings. The molecule has 1 amide bonds. The predicted molar refractivity (Wildman–Crippen MR) is 80.3 cm³/mol. The molecule has 1 atom stereocenters. The van der Waals surface area contributed by atoms with Crippen molar-refractivity contribution in [1.82, 2.24) is 4.90 Å². The molecule has 1 saturated heterocycles.